The number of esters is 2. The lowest BCUT2D eigenvalue weighted by Gasteiger charge is -2.07. The third-order valence-electron chi connectivity index (χ3n) is 5.14. The van der Waals surface area contributed by atoms with E-state index in [1.54, 1.807) is 31.3 Å². The lowest BCUT2D eigenvalue weighted by Crippen LogP contribution is -2.34. The van der Waals surface area contributed by atoms with Gasteiger partial charge < -0.3 is 19.8 Å². The van der Waals surface area contributed by atoms with Gasteiger partial charge in [-0.1, -0.05) is 6.07 Å². The second-order valence-electron chi connectivity index (χ2n) is 7.51. The van der Waals surface area contributed by atoms with Crippen LogP contribution in [0.5, 0.6) is 5.75 Å². The minimum atomic E-state index is -0.556. The number of carbonyl (C=O) groups is 3. The van der Waals surface area contributed by atoms with Gasteiger partial charge in [-0.3, -0.25) is 4.79 Å². The monoisotopic (exact) mass is 458 g/mol. The Bertz CT molecular complexity index is 1310. The first-order chi connectivity index (χ1) is 16.5. The van der Waals surface area contributed by atoms with Crippen LogP contribution in [0.15, 0.2) is 79.3 Å². The molecule has 8 heteroatoms. The summed E-state index contributed by atoms with van der Waals surface area (Å²) < 4.78 is 12.4. The van der Waals surface area contributed by atoms with Gasteiger partial charge in [0.15, 0.2) is 18.9 Å². The Morgan fingerprint density at radius 1 is 0.971 bits per heavy atom. The van der Waals surface area contributed by atoms with Crippen molar-refractivity contribution in [3.05, 3.63) is 90.4 Å². The van der Waals surface area contributed by atoms with Crippen LogP contribution in [0, 0.1) is 0 Å². The Kier molecular flexibility index (Phi) is 6.98. The number of ether oxygens (including phenoxy) is 2. The number of aromatic amines is 1. The number of pyridine rings is 1. The van der Waals surface area contributed by atoms with Crippen molar-refractivity contribution in [3.63, 3.8) is 0 Å². The van der Waals surface area contributed by atoms with E-state index in [1.165, 1.54) is 24.3 Å². The molecule has 0 unspecified atom stereocenters. The molecule has 0 atom stereocenters. The Morgan fingerprint density at radius 3 is 2.47 bits per heavy atom. The number of hydrogen-bond acceptors (Lipinski definition) is 5. The Balaban J connectivity index is 1.42. The van der Waals surface area contributed by atoms with Crippen molar-refractivity contribution in [2.24, 2.45) is 0 Å². The third-order valence-corrected chi connectivity index (χ3v) is 5.14. The number of nitrogens with zero attached hydrogens (tertiary/aromatic N) is 1. The number of H-pyrrole nitrogens is 1. The van der Waals surface area contributed by atoms with Gasteiger partial charge in [-0.05, 0) is 49.4 Å². The summed E-state index contributed by atoms with van der Waals surface area (Å²) in [6.07, 6.45) is 5.69. The fourth-order valence-corrected chi connectivity index (χ4v) is 3.44. The molecule has 2 aromatic carbocycles. The molecule has 4 aromatic rings. The molecule has 0 fully saturated rings. The van der Waals surface area contributed by atoms with E-state index in [2.05, 4.69) is 10.3 Å². The van der Waals surface area contributed by atoms with Crippen molar-refractivity contribution < 1.29 is 28.4 Å². The zero-order valence-corrected chi connectivity index (χ0v) is 18.6. The molecule has 2 N–H and O–H groups in total. The van der Waals surface area contributed by atoms with Crippen molar-refractivity contribution in [3.8, 4) is 5.75 Å². The largest absolute Gasteiger partial charge is 0.462 e. The number of amides is 1. The summed E-state index contributed by atoms with van der Waals surface area (Å²) in [6.45, 7) is 2.58. The molecule has 2 heterocycles. The first-order valence-electron chi connectivity index (χ1n) is 10.9. The summed E-state index contributed by atoms with van der Waals surface area (Å²) in [7, 11) is 0. The number of hydrogen-bond donors (Lipinski definition) is 2. The fourth-order valence-electron chi connectivity index (χ4n) is 3.44. The lowest BCUT2D eigenvalue weighted by molar-refractivity contribution is -0.695. The van der Waals surface area contributed by atoms with Gasteiger partial charge >= 0.3 is 11.9 Å². The molecule has 0 saturated heterocycles. The molecule has 0 saturated carbocycles. The number of anilines is 1. The van der Waals surface area contributed by atoms with Crippen LogP contribution < -0.4 is 14.6 Å². The number of nitrogens with one attached hydrogen (secondary N) is 2. The van der Waals surface area contributed by atoms with Crippen molar-refractivity contribution >= 4 is 34.4 Å². The zero-order chi connectivity index (χ0) is 23.9. The standard InChI is InChI=1S/C26H23N3O5/c1-2-33-25(31)18-6-9-20(10-7-18)34-26(32)22-17-27-23-11-8-19(16-21(22)23)28-24(30)12-15-29-13-4-3-5-14-29/h3-11,13-14,16-17H,2,12,15H2,1H3,(H-,27,28,30,32)/p+1. The summed E-state index contributed by atoms with van der Waals surface area (Å²) in [5, 5.41) is 3.50. The highest BCUT2D eigenvalue weighted by Crippen LogP contribution is 2.24. The van der Waals surface area contributed by atoms with Crippen LogP contribution in [0.4, 0.5) is 5.69 Å². The number of aromatic nitrogens is 2. The Hall–Kier alpha value is -4.46. The van der Waals surface area contributed by atoms with Crippen molar-refractivity contribution in [1.29, 1.82) is 0 Å². The van der Waals surface area contributed by atoms with Crippen LogP contribution >= 0.6 is 0 Å². The molecule has 0 spiro atoms. The van der Waals surface area contributed by atoms with Gasteiger partial charge in [-0.15, -0.1) is 0 Å². The van der Waals surface area contributed by atoms with Gasteiger partial charge in [0.05, 0.1) is 24.2 Å². The molecule has 0 aliphatic rings. The summed E-state index contributed by atoms with van der Waals surface area (Å²) >= 11 is 0. The number of rotatable bonds is 8. The maximum Gasteiger partial charge on any atom is 0.345 e. The predicted octanol–water partition coefficient (Wildman–Crippen LogP) is 3.88. The Labute approximate surface area is 196 Å². The van der Waals surface area contributed by atoms with Gasteiger partial charge in [0.2, 0.25) is 5.91 Å². The minimum Gasteiger partial charge on any atom is -0.462 e. The van der Waals surface area contributed by atoms with E-state index >= 15 is 0 Å². The first-order valence-corrected chi connectivity index (χ1v) is 10.9. The summed E-state index contributed by atoms with van der Waals surface area (Å²) in [5.74, 6) is -0.819. The molecule has 0 aliphatic heterocycles. The highest BCUT2D eigenvalue weighted by molar-refractivity contribution is 6.06. The molecule has 1 amide bonds. The maximum absolute atomic E-state index is 12.8. The van der Waals surface area contributed by atoms with E-state index in [0.29, 0.717) is 40.9 Å². The zero-order valence-electron chi connectivity index (χ0n) is 18.6. The maximum atomic E-state index is 12.8. The van der Waals surface area contributed by atoms with Crippen molar-refractivity contribution in [2.75, 3.05) is 11.9 Å². The molecule has 172 valence electrons. The predicted molar refractivity (Wildman–Crippen MR) is 126 cm³/mol. The molecule has 0 aliphatic carbocycles. The van der Waals surface area contributed by atoms with Crippen LogP contribution in [0.2, 0.25) is 0 Å². The average Bonchev–Trinajstić information content (AvgIpc) is 3.27. The quantitative estimate of drug-likeness (QED) is 0.237. The number of fused-ring (bicyclic) bond motifs is 1. The van der Waals surface area contributed by atoms with Crippen LogP contribution in [-0.2, 0) is 16.1 Å². The molecule has 4 rings (SSSR count). The molecule has 34 heavy (non-hydrogen) atoms. The molecule has 0 radical (unpaired) electrons. The van der Waals surface area contributed by atoms with Gasteiger partial charge in [0.25, 0.3) is 0 Å². The van der Waals surface area contributed by atoms with Crippen LogP contribution in [-0.4, -0.2) is 29.4 Å². The number of aryl methyl sites for hydroxylation is 1. The molecular formula is C26H24N3O5+. The number of benzene rings is 2. The summed E-state index contributed by atoms with van der Waals surface area (Å²) in [5.41, 5.74) is 2.03. The molecule has 8 nitrogen and oxygen atoms in total. The second kappa shape index (κ2) is 10.4. The van der Waals surface area contributed by atoms with Crippen LogP contribution in [0.25, 0.3) is 10.9 Å². The smallest absolute Gasteiger partial charge is 0.345 e. The first kappa shape index (κ1) is 22.7. The van der Waals surface area contributed by atoms with Crippen molar-refractivity contribution in [2.45, 2.75) is 19.9 Å². The molecular weight excluding hydrogens is 434 g/mol. The SMILES string of the molecule is CCOC(=O)c1ccc(OC(=O)c2c[nH]c3ccc(NC(=O)CC[n+]4ccccc4)cc23)cc1. The Morgan fingerprint density at radius 2 is 1.74 bits per heavy atom. The second-order valence-corrected chi connectivity index (χ2v) is 7.51. The van der Waals surface area contributed by atoms with E-state index in [4.69, 9.17) is 9.47 Å². The van der Waals surface area contributed by atoms with E-state index < -0.39 is 11.9 Å². The van der Waals surface area contributed by atoms with Gasteiger partial charge in [0, 0.05) is 34.9 Å². The minimum absolute atomic E-state index is 0.128. The van der Waals surface area contributed by atoms with E-state index in [-0.39, 0.29) is 12.5 Å². The molecule has 2 aromatic heterocycles. The van der Waals surface area contributed by atoms with Crippen LogP contribution in [0.3, 0.4) is 0 Å². The van der Waals surface area contributed by atoms with E-state index in [0.717, 1.165) is 5.52 Å². The normalized spacial score (nSPS) is 10.6. The van der Waals surface area contributed by atoms with Crippen LogP contribution in [0.1, 0.15) is 34.1 Å². The third kappa shape index (κ3) is 5.47. The average molecular weight is 458 g/mol. The number of carbonyl (C=O) groups excluding carboxylic acids is 3. The summed E-state index contributed by atoms with van der Waals surface area (Å²) in [4.78, 5) is 40.0. The molecule has 0 bridgehead atoms. The van der Waals surface area contributed by atoms with Gasteiger partial charge in [-0.2, -0.15) is 0 Å². The van der Waals surface area contributed by atoms with Gasteiger partial charge in [0.1, 0.15) is 5.75 Å². The van der Waals surface area contributed by atoms with Gasteiger partial charge in [-0.25, -0.2) is 14.2 Å². The van der Waals surface area contributed by atoms with E-state index in [9.17, 15) is 14.4 Å². The topological polar surface area (TPSA) is 101 Å². The lowest BCUT2D eigenvalue weighted by atomic mass is 10.1. The fraction of sp³-hybridized carbons (Fsp3) is 0.154. The van der Waals surface area contributed by atoms with Crippen molar-refractivity contribution in [1.82, 2.24) is 4.98 Å². The van der Waals surface area contributed by atoms with E-state index in [1.807, 2.05) is 35.2 Å². The highest BCUT2D eigenvalue weighted by Gasteiger charge is 2.16. The summed E-state index contributed by atoms with van der Waals surface area (Å²) in [6, 6.07) is 17.2. The highest BCUT2D eigenvalue weighted by atomic mass is 16.5.